The molecule has 0 aromatic carbocycles. The number of fused-ring (bicyclic) bond motifs is 1. The van der Waals surface area contributed by atoms with E-state index in [4.69, 9.17) is 0 Å². The summed E-state index contributed by atoms with van der Waals surface area (Å²) in [6.45, 7) is 1.53. The summed E-state index contributed by atoms with van der Waals surface area (Å²) in [6.07, 6.45) is 0. The Labute approximate surface area is 106 Å². The first-order chi connectivity index (χ1) is 9.16. The molecule has 3 rings (SSSR count). The van der Waals surface area contributed by atoms with Crippen LogP contribution in [-0.2, 0) is 4.79 Å². The van der Waals surface area contributed by atoms with Gasteiger partial charge in [-0.3, -0.25) is 0 Å². The largest absolute Gasteiger partial charge is 0.480 e. The molecule has 3 heterocycles. The standard InChI is InChI=1S/C10H12N6O3/c17-9(18)6-5-11-3-4-15(6)8-2-1-7-12-13-10(19)16(7)14-8/h1-2,6,11H,3-5H2,(H,13,19)(H,17,18). The van der Waals surface area contributed by atoms with E-state index in [1.807, 2.05) is 0 Å². The van der Waals surface area contributed by atoms with Gasteiger partial charge in [-0.05, 0) is 12.1 Å². The van der Waals surface area contributed by atoms with Crippen molar-refractivity contribution in [3.63, 3.8) is 0 Å². The summed E-state index contributed by atoms with van der Waals surface area (Å²) >= 11 is 0. The fourth-order valence-corrected chi connectivity index (χ4v) is 2.15. The van der Waals surface area contributed by atoms with Crippen LogP contribution in [0, 0.1) is 0 Å². The molecular formula is C10H12N6O3. The Hall–Kier alpha value is -2.42. The van der Waals surface area contributed by atoms with Gasteiger partial charge in [-0.15, -0.1) is 5.10 Å². The summed E-state index contributed by atoms with van der Waals surface area (Å²) in [5.41, 5.74) is -0.0466. The van der Waals surface area contributed by atoms with Crippen LogP contribution < -0.4 is 15.9 Å². The second-order valence-electron chi connectivity index (χ2n) is 4.24. The fourth-order valence-electron chi connectivity index (χ4n) is 2.15. The zero-order valence-electron chi connectivity index (χ0n) is 9.91. The number of aromatic nitrogens is 4. The molecule has 1 aliphatic heterocycles. The van der Waals surface area contributed by atoms with Crippen molar-refractivity contribution in [1.82, 2.24) is 25.1 Å². The number of H-pyrrole nitrogens is 1. The van der Waals surface area contributed by atoms with Crippen LogP contribution in [0.1, 0.15) is 0 Å². The molecule has 0 amide bonds. The van der Waals surface area contributed by atoms with Crippen molar-refractivity contribution in [3.05, 3.63) is 22.6 Å². The van der Waals surface area contributed by atoms with Crippen molar-refractivity contribution < 1.29 is 9.90 Å². The van der Waals surface area contributed by atoms with Crippen LogP contribution in [0.2, 0.25) is 0 Å². The third-order valence-electron chi connectivity index (χ3n) is 3.08. The number of anilines is 1. The minimum absolute atomic E-state index is 0.343. The van der Waals surface area contributed by atoms with Crippen molar-refractivity contribution in [2.24, 2.45) is 0 Å². The topological polar surface area (TPSA) is 116 Å². The number of nitrogens with one attached hydrogen (secondary N) is 2. The molecule has 100 valence electrons. The monoisotopic (exact) mass is 264 g/mol. The Morgan fingerprint density at radius 1 is 1.47 bits per heavy atom. The Bertz CT molecular complexity index is 677. The molecule has 0 spiro atoms. The van der Waals surface area contributed by atoms with Crippen molar-refractivity contribution >= 4 is 17.4 Å². The number of piperazine rings is 1. The van der Waals surface area contributed by atoms with Crippen molar-refractivity contribution in [2.45, 2.75) is 6.04 Å². The molecular weight excluding hydrogens is 252 g/mol. The summed E-state index contributed by atoms with van der Waals surface area (Å²) in [4.78, 5) is 24.4. The van der Waals surface area contributed by atoms with E-state index in [9.17, 15) is 14.7 Å². The first-order valence-corrected chi connectivity index (χ1v) is 5.81. The second kappa shape index (κ2) is 4.35. The van der Waals surface area contributed by atoms with Gasteiger partial charge < -0.3 is 15.3 Å². The molecule has 1 aliphatic rings. The maximum atomic E-state index is 11.5. The fraction of sp³-hybridized carbons (Fsp3) is 0.400. The minimum atomic E-state index is -0.923. The van der Waals surface area contributed by atoms with Crippen LogP contribution >= 0.6 is 0 Å². The molecule has 3 N–H and O–H groups in total. The maximum absolute atomic E-state index is 11.5. The van der Waals surface area contributed by atoms with Gasteiger partial charge in [-0.25, -0.2) is 14.7 Å². The number of hydrogen-bond acceptors (Lipinski definition) is 6. The van der Waals surface area contributed by atoms with Crippen LogP contribution in [-0.4, -0.2) is 56.6 Å². The number of aliphatic carboxylic acids is 1. The zero-order chi connectivity index (χ0) is 13.4. The van der Waals surface area contributed by atoms with Crippen molar-refractivity contribution in [3.8, 4) is 0 Å². The molecule has 1 fully saturated rings. The SMILES string of the molecule is O=C(O)C1CNCCN1c1ccc2n[nH]c(=O)n2n1. The molecule has 0 aliphatic carbocycles. The molecule has 2 aromatic rings. The van der Waals surface area contributed by atoms with Gasteiger partial charge in [-0.2, -0.15) is 9.61 Å². The lowest BCUT2D eigenvalue weighted by Gasteiger charge is -2.34. The Balaban J connectivity index is 2.04. The van der Waals surface area contributed by atoms with Gasteiger partial charge in [0.25, 0.3) is 0 Å². The molecule has 0 radical (unpaired) electrons. The summed E-state index contributed by atoms with van der Waals surface area (Å²) in [7, 11) is 0. The van der Waals surface area contributed by atoms with E-state index in [2.05, 4.69) is 20.6 Å². The third-order valence-corrected chi connectivity index (χ3v) is 3.08. The van der Waals surface area contributed by atoms with Gasteiger partial charge in [0.1, 0.15) is 6.04 Å². The minimum Gasteiger partial charge on any atom is -0.480 e. The van der Waals surface area contributed by atoms with Gasteiger partial charge in [0, 0.05) is 19.6 Å². The van der Waals surface area contributed by atoms with E-state index in [0.717, 1.165) is 4.52 Å². The van der Waals surface area contributed by atoms with Crippen molar-refractivity contribution in [1.29, 1.82) is 0 Å². The average molecular weight is 264 g/mol. The van der Waals surface area contributed by atoms with Crippen LogP contribution in [0.5, 0.6) is 0 Å². The van der Waals surface area contributed by atoms with Crippen LogP contribution in [0.4, 0.5) is 5.82 Å². The van der Waals surface area contributed by atoms with E-state index < -0.39 is 17.7 Å². The molecule has 2 aromatic heterocycles. The first-order valence-electron chi connectivity index (χ1n) is 5.81. The number of aromatic amines is 1. The van der Waals surface area contributed by atoms with Crippen LogP contribution in [0.25, 0.3) is 5.65 Å². The molecule has 1 unspecified atom stereocenters. The smallest absolute Gasteiger partial charge is 0.364 e. The molecule has 1 atom stereocenters. The summed E-state index contributed by atoms with van der Waals surface area (Å²) in [6, 6.07) is 2.60. The molecule has 19 heavy (non-hydrogen) atoms. The highest BCUT2D eigenvalue weighted by molar-refractivity contribution is 5.78. The molecule has 9 nitrogen and oxygen atoms in total. The lowest BCUT2D eigenvalue weighted by atomic mass is 10.2. The number of rotatable bonds is 2. The number of carboxylic acids is 1. The van der Waals surface area contributed by atoms with Gasteiger partial charge >= 0.3 is 11.7 Å². The van der Waals surface area contributed by atoms with E-state index in [-0.39, 0.29) is 0 Å². The Kier molecular flexibility index (Phi) is 2.67. The normalized spacial score (nSPS) is 19.8. The number of hydrogen-bond donors (Lipinski definition) is 3. The molecule has 9 heteroatoms. The molecule has 0 bridgehead atoms. The average Bonchev–Trinajstić information content (AvgIpc) is 2.80. The summed E-state index contributed by atoms with van der Waals surface area (Å²) in [5.74, 6) is -0.474. The highest BCUT2D eigenvalue weighted by Crippen LogP contribution is 2.15. The predicted octanol–water partition coefficient (Wildman–Crippen LogP) is -1.72. The first kappa shape index (κ1) is 11.7. The number of carboxylic acid groups (broad SMARTS) is 1. The summed E-state index contributed by atoms with van der Waals surface area (Å²) in [5, 5.41) is 22.4. The van der Waals surface area contributed by atoms with Crippen LogP contribution in [0.15, 0.2) is 16.9 Å². The molecule has 0 saturated carbocycles. The van der Waals surface area contributed by atoms with E-state index >= 15 is 0 Å². The highest BCUT2D eigenvalue weighted by atomic mass is 16.4. The number of carbonyl (C=O) groups is 1. The van der Waals surface area contributed by atoms with Gasteiger partial charge in [0.15, 0.2) is 11.5 Å². The van der Waals surface area contributed by atoms with E-state index in [0.29, 0.717) is 31.1 Å². The van der Waals surface area contributed by atoms with Crippen molar-refractivity contribution in [2.75, 3.05) is 24.5 Å². The predicted molar refractivity (Wildman–Crippen MR) is 65.2 cm³/mol. The molecule has 1 saturated heterocycles. The van der Waals surface area contributed by atoms with Crippen LogP contribution in [0.3, 0.4) is 0 Å². The van der Waals surface area contributed by atoms with E-state index in [1.165, 1.54) is 0 Å². The zero-order valence-corrected chi connectivity index (χ0v) is 9.91. The van der Waals surface area contributed by atoms with E-state index in [1.54, 1.807) is 17.0 Å². The highest BCUT2D eigenvalue weighted by Gasteiger charge is 2.29. The Morgan fingerprint density at radius 2 is 2.32 bits per heavy atom. The quantitative estimate of drug-likeness (QED) is 0.591. The summed E-state index contributed by atoms with van der Waals surface area (Å²) < 4.78 is 1.12. The second-order valence-corrected chi connectivity index (χ2v) is 4.24. The third kappa shape index (κ3) is 1.93. The van der Waals surface area contributed by atoms with Gasteiger partial charge in [0.05, 0.1) is 0 Å². The van der Waals surface area contributed by atoms with Gasteiger partial charge in [0.2, 0.25) is 0 Å². The van der Waals surface area contributed by atoms with Gasteiger partial charge in [-0.1, -0.05) is 0 Å². The lowest BCUT2D eigenvalue weighted by molar-refractivity contribution is -0.138. The number of nitrogens with zero attached hydrogens (tertiary/aromatic N) is 4. The Morgan fingerprint density at radius 3 is 3.11 bits per heavy atom. The maximum Gasteiger partial charge on any atom is 0.364 e. The lowest BCUT2D eigenvalue weighted by Crippen LogP contribution is -2.55.